The summed E-state index contributed by atoms with van der Waals surface area (Å²) in [5.74, 6) is -0.545. The van der Waals surface area contributed by atoms with E-state index in [1.165, 1.54) is 19.1 Å². The minimum Gasteiger partial charge on any atom is -0.360 e. The molecule has 2 rings (SSSR count). The van der Waals surface area contributed by atoms with Crippen LogP contribution in [0.15, 0.2) is 48.5 Å². The highest BCUT2D eigenvalue weighted by atomic mass is 32.3. The molecule has 2 aromatic carbocycles. The minimum atomic E-state index is -4.69. The zero-order chi connectivity index (χ0) is 15.5. The zero-order valence-electron chi connectivity index (χ0n) is 11.1. The van der Waals surface area contributed by atoms with E-state index in [0.29, 0.717) is 5.56 Å². The second-order valence-corrected chi connectivity index (χ2v) is 5.29. The molecule has 0 spiro atoms. The lowest BCUT2D eigenvalue weighted by Gasteiger charge is -2.11. The summed E-state index contributed by atoms with van der Waals surface area (Å²) in [6, 6.07) is 13.8. The maximum atomic E-state index is 11.1. The molecule has 2 aromatic rings. The Hall–Kier alpha value is -2.38. The second kappa shape index (κ2) is 5.94. The van der Waals surface area contributed by atoms with Crippen molar-refractivity contribution in [3.8, 4) is 16.9 Å². The van der Waals surface area contributed by atoms with Crippen LogP contribution < -0.4 is 9.50 Å². The standard InChI is InChI=1S/C14H13NO5S/c1-10(16)15-13-8-7-12(11-5-3-2-4-6-11)9-14(13)20-21(17,18)19/h2-9H,1H3,(H,15,16)(H,17,18,19). The predicted octanol–water partition coefficient (Wildman–Crippen LogP) is 2.49. The summed E-state index contributed by atoms with van der Waals surface area (Å²) >= 11 is 0. The molecule has 0 aromatic heterocycles. The van der Waals surface area contributed by atoms with Gasteiger partial charge in [-0.3, -0.25) is 9.35 Å². The van der Waals surface area contributed by atoms with Crippen molar-refractivity contribution in [3.63, 3.8) is 0 Å². The van der Waals surface area contributed by atoms with Gasteiger partial charge >= 0.3 is 10.4 Å². The fourth-order valence-corrected chi connectivity index (χ4v) is 2.17. The van der Waals surface area contributed by atoms with Crippen LogP contribution in [0.3, 0.4) is 0 Å². The summed E-state index contributed by atoms with van der Waals surface area (Å²) in [7, 11) is -4.69. The molecule has 0 bridgehead atoms. The highest BCUT2D eigenvalue weighted by molar-refractivity contribution is 7.81. The number of anilines is 1. The Labute approximate surface area is 122 Å². The first-order valence-corrected chi connectivity index (χ1v) is 7.35. The van der Waals surface area contributed by atoms with Gasteiger partial charge in [-0.25, -0.2) is 0 Å². The Morgan fingerprint density at radius 2 is 1.76 bits per heavy atom. The third-order valence-corrected chi connectivity index (χ3v) is 2.98. The van der Waals surface area contributed by atoms with Gasteiger partial charge in [-0.2, -0.15) is 8.42 Å². The molecular formula is C14H13NO5S. The summed E-state index contributed by atoms with van der Waals surface area (Å²) in [4.78, 5) is 11.1. The van der Waals surface area contributed by atoms with Gasteiger partial charge in [-0.1, -0.05) is 36.4 Å². The first-order valence-electron chi connectivity index (χ1n) is 5.99. The largest absolute Gasteiger partial charge is 0.446 e. The molecule has 6 nitrogen and oxygen atoms in total. The number of rotatable bonds is 4. The maximum Gasteiger partial charge on any atom is 0.446 e. The van der Waals surface area contributed by atoms with E-state index in [1.54, 1.807) is 6.07 Å². The second-order valence-electron chi connectivity index (χ2n) is 4.27. The molecule has 0 saturated carbocycles. The van der Waals surface area contributed by atoms with Crippen LogP contribution in [0.1, 0.15) is 6.92 Å². The number of carbonyl (C=O) groups excluding carboxylic acids is 1. The van der Waals surface area contributed by atoms with Crippen LogP contribution in [0.2, 0.25) is 0 Å². The van der Waals surface area contributed by atoms with Gasteiger partial charge in [0.05, 0.1) is 5.69 Å². The molecule has 110 valence electrons. The van der Waals surface area contributed by atoms with E-state index in [0.717, 1.165) is 5.56 Å². The number of nitrogens with one attached hydrogen (secondary N) is 1. The summed E-state index contributed by atoms with van der Waals surface area (Å²) in [5.41, 5.74) is 1.68. The van der Waals surface area contributed by atoms with E-state index in [-0.39, 0.29) is 17.3 Å². The van der Waals surface area contributed by atoms with Crippen molar-refractivity contribution >= 4 is 22.0 Å². The van der Waals surface area contributed by atoms with Crippen molar-refractivity contribution in [1.82, 2.24) is 0 Å². The SMILES string of the molecule is CC(=O)Nc1ccc(-c2ccccc2)cc1OS(=O)(=O)O. The third kappa shape index (κ3) is 4.30. The fraction of sp³-hybridized carbons (Fsp3) is 0.0714. The van der Waals surface area contributed by atoms with E-state index in [2.05, 4.69) is 9.50 Å². The normalized spacial score (nSPS) is 11.0. The van der Waals surface area contributed by atoms with Crippen molar-refractivity contribution in [2.24, 2.45) is 0 Å². The first-order chi connectivity index (χ1) is 9.85. The quantitative estimate of drug-likeness (QED) is 0.847. The monoisotopic (exact) mass is 307 g/mol. The van der Waals surface area contributed by atoms with Crippen molar-refractivity contribution < 1.29 is 21.9 Å². The molecule has 0 saturated heterocycles. The van der Waals surface area contributed by atoms with Crippen molar-refractivity contribution in [2.75, 3.05) is 5.32 Å². The van der Waals surface area contributed by atoms with Crippen LogP contribution in [0.4, 0.5) is 5.69 Å². The molecule has 0 fully saturated rings. The molecule has 0 radical (unpaired) electrons. The molecule has 0 heterocycles. The third-order valence-electron chi connectivity index (χ3n) is 2.59. The lowest BCUT2D eigenvalue weighted by atomic mass is 10.1. The van der Waals surface area contributed by atoms with Crippen LogP contribution in [0, 0.1) is 0 Å². The van der Waals surface area contributed by atoms with Crippen LogP contribution in [-0.2, 0) is 15.2 Å². The van der Waals surface area contributed by atoms with Crippen LogP contribution >= 0.6 is 0 Å². The van der Waals surface area contributed by atoms with Gasteiger partial charge in [0.1, 0.15) is 0 Å². The number of hydrogen-bond donors (Lipinski definition) is 2. The molecular weight excluding hydrogens is 294 g/mol. The van der Waals surface area contributed by atoms with E-state index < -0.39 is 10.4 Å². The van der Waals surface area contributed by atoms with Crippen LogP contribution in [0.25, 0.3) is 11.1 Å². The molecule has 7 heteroatoms. The molecule has 0 unspecified atom stereocenters. The number of benzene rings is 2. The van der Waals surface area contributed by atoms with Crippen molar-refractivity contribution in [2.45, 2.75) is 6.92 Å². The fourth-order valence-electron chi connectivity index (χ4n) is 1.81. The van der Waals surface area contributed by atoms with Gasteiger partial charge in [0, 0.05) is 6.92 Å². The van der Waals surface area contributed by atoms with Gasteiger partial charge in [0.15, 0.2) is 5.75 Å². The number of amides is 1. The number of carbonyl (C=O) groups is 1. The highest BCUT2D eigenvalue weighted by Crippen LogP contribution is 2.31. The molecule has 2 N–H and O–H groups in total. The lowest BCUT2D eigenvalue weighted by molar-refractivity contribution is -0.114. The molecule has 0 aliphatic rings. The molecule has 1 amide bonds. The summed E-state index contributed by atoms with van der Waals surface area (Å²) < 4.78 is 35.2. The maximum absolute atomic E-state index is 11.1. The molecule has 0 aliphatic carbocycles. The van der Waals surface area contributed by atoms with E-state index in [9.17, 15) is 13.2 Å². The molecule has 0 atom stereocenters. The van der Waals surface area contributed by atoms with Gasteiger partial charge in [-0.05, 0) is 23.3 Å². The Balaban J connectivity index is 2.48. The van der Waals surface area contributed by atoms with Crippen LogP contribution in [-0.4, -0.2) is 18.9 Å². The first kappa shape index (κ1) is 15.0. The average molecular weight is 307 g/mol. The highest BCUT2D eigenvalue weighted by Gasteiger charge is 2.14. The van der Waals surface area contributed by atoms with Crippen LogP contribution in [0.5, 0.6) is 5.75 Å². The van der Waals surface area contributed by atoms with Crippen molar-refractivity contribution in [3.05, 3.63) is 48.5 Å². The summed E-state index contributed by atoms with van der Waals surface area (Å²) in [5, 5.41) is 2.44. The van der Waals surface area contributed by atoms with Crippen molar-refractivity contribution in [1.29, 1.82) is 0 Å². The topological polar surface area (TPSA) is 92.7 Å². The Bertz CT molecular complexity index is 756. The predicted molar refractivity (Wildman–Crippen MR) is 78.4 cm³/mol. The van der Waals surface area contributed by atoms with Gasteiger partial charge < -0.3 is 9.50 Å². The molecule has 21 heavy (non-hydrogen) atoms. The van der Waals surface area contributed by atoms with Gasteiger partial charge in [-0.15, -0.1) is 0 Å². The zero-order valence-corrected chi connectivity index (χ0v) is 11.9. The number of hydrogen-bond acceptors (Lipinski definition) is 4. The van der Waals surface area contributed by atoms with Gasteiger partial charge in [0.2, 0.25) is 5.91 Å². The summed E-state index contributed by atoms with van der Waals surface area (Å²) in [6.07, 6.45) is 0. The Kier molecular flexibility index (Phi) is 4.25. The van der Waals surface area contributed by atoms with E-state index >= 15 is 0 Å². The Morgan fingerprint density at radius 1 is 1.10 bits per heavy atom. The van der Waals surface area contributed by atoms with E-state index in [1.807, 2.05) is 30.3 Å². The average Bonchev–Trinajstić information content (AvgIpc) is 2.39. The summed E-state index contributed by atoms with van der Waals surface area (Å²) in [6.45, 7) is 1.28. The molecule has 0 aliphatic heterocycles. The lowest BCUT2D eigenvalue weighted by Crippen LogP contribution is -2.11. The Morgan fingerprint density at radius 3 is 2.33 bits per heavy atom. The van der Waals surface area contributed by atoms with E-state index in [4.69, 9.17) is 4.55 Å². The van der Waals surface area contributed by atoms with Gasteiger partial charge in [0.25, 0.3) is 0 Å². The minimum absolute atomic E-state index is 0.153. The smallest absolute Gasteiger partial charge is 0.360 e.